The Morgan fingerprint density at radius 3 is 1.67 bits per heavy atom. The molecule has 0 fully saturated rings. The molecule has 3 rings (SSSR count). The Morgan fingerprint density at radius 1 is 0.641 bits per heavy atom. The number of nitrogens with zero attached hydrogens (tertiary/aromatic N) is 1. The van der Waals surface area contributed by atoms with Crippen LogP contribution in [0.3, 0.4) is 0 Å². The van der Waals surface area contributed by atoms with Gasteiger partial charge in [0.2, 0.25) is 0 Å². The Kier molecular flexibility index (Phi) is 9.78. The lowest BCUT2D eigenvalue weighted by molar-refractivity contribution is -0.138. The van der Waals surface area contributed by atoms with Gasteiger partial charge >= 0.3 is 12.4 Å². The summed E-state index contributed by atoms with van der Waals surface area (Å²) in [7, 11) is 0. The Hall–Kier alpha value is -2.96. The van der Waals surface area contributed by atoms with Crippen LogP contribution in [0.4, 0.5) is 32.0 Å². The average Bonchev–Trinajstić information content (AvgIpc) is 2.85. The Bertz CT molecular complexity index is 1190. The molecule has 1 nitrogen and oxygen atoms in total. The van der Waals surface area contributed by atoms with Gasteiger partial charge in [0.05, 0.1) is 11.1 Å². The summed E-state index contributed by atoms with van der Waals surface area (Å²) in [6, 6.07) is 16.5. The van der Waals surface area contributed by atoms with E-state index < -0.39 is 23.5 Å². The molecule has 7 heteroatoms. The van der Waals surface area contributed by atoms with Crippen LogP contribution in [-0.4, -0.2) is 6.54 Å². The van der Waals surface area contributed by atoms with Gasteiger partial charge in [0.1, 0.15) is 0 Å². The molecule has 0 saturated carbocycles. The summed E-state index contributed by atoms with van der Waals surface area (Å²) in [4.78, 5) is 2.07. The lowest BCUT2D eigenvalue weighted by Crippen LogP contribution is -2.25. The topological polar surface area (TPSA) is 3.24 Å². The number of hydrogen-bond donors (Lipinski definition) is 0. The van der Waals surface area contributed by atoms with E-state index in [4.69, 9.17) is 0 Å². The SMILES string of the molecule is CC(C)CCN(Cc1cc(-c2ccc(C(F)(F)F)cc2)cc(C(C)CC(C)C)c1)c1ccc(C(F)(F)F)cc1. The second kappa shape index (κ2) is 12.5. The van der Waals surface area contributed by atoms with Crippen molar-refractivity contribution < 1.29 is 26.3 Å². The second-order valence-corrected chi connectivity index (χ2v) is 11.2. The zero-order chi connectivity index (χ0) is 29.0. The van der Waals surface area contributed by atoms with Gasteiger partial charge in [-0.25, -0.2) is 0 Å². The number of hydrogen-bond acceptors (Lipinski definition) is 1. The molecule has 3 aromatic rings. The summed E-state index contributed by atoms with van der Waals surface area (Å²) in [6.07, 6.45) is -7.00. The number of rotatable bonds is 10. The monoisotopic (exact) mass is 549 g/mol. The Labute approximate surface area is 227 Å². The summed E-state index contributed by atoms with van der Waals surface area (Å²) in [6.45, 7) is 11.8. The molecule has 0 N–H and O–H groups in total. The molecule has 0 aromatic heterocycles. The highest BCUT2D eigenvalue weighted by Gasteiger charge is 2.31. The largest absolute Gasteiger partial charge is 0.416 e. The standard InChI is InChI=1S/C32H37F6N/c1-21(2)14-15-39(30-12-10-29(11-13-30)32(36,37)38)20-24-17-26(23(5)16-22(3)4)19-27(18-24)25-6-8-28(9-7-25)31(33,34)35/h6-13,17-19,21-23H,14-16,20H2,1-5H3. The molecule has 0 radical (unpaired) electrons. The van der Waals surface area contributed by atoms with Crippen molar-refractivity contribution in [3.05, 3.63) is 89.0 Å². The van der Waals surface area contributed by atoms with Crippen molar-refractivity contribution in [1.29, 1.82) is 0 Å². The van der Waals surface area contributed by atoms with E-state index >= 15 is 0 Å². The van der Waals surface area contributed by atoms with Crippen LogP contribution in [0.1, 0.15) is 75.6 Å². The van der Waals surface area contributed by atoms with E-state index in [9.17, 15) is 26.3 Å². The molecule has 0 aliphatic heterocycles. The van der Waals surface area contributed by atoms with Crippen molar-refractivity contribution in [2.75, 3.05) is 11.4 Å². The first-order valence-corrected chi connectivity index (χ1v) is 13.4. The molecule has 0 spiro atoms. The Balaban J connectivity index is 2.02. The minimum Gasteiger partial charge on any atom is -0.367 e. The van der Waals surface area contributed by atoms with Gasteiger partial charge in [-0.3, -0.25) is 0 Å². The molecule has 39 heavy (non-hydrogen) atoms. The van der Waals surface area contributed by atoms with Gasteiger partial charge in [0, 0.05) is 18.8 Å². The van der Waals surface area contributed by atoms with Crippen LogP contribution >= 0.6 is 0 Å². The lowest BCUT2D eigenvalue weighted by Gasteiger charge is -2.27. The van der Waals surface area contributed by atoms with Crippen molar-refractivity contribution >= 4 is 5.69 Å². The number of halogens is 6. The molecule has 0 amide bonds. The van der Waals surface area contributed by atoms with Crippen LogP contribution in [0.5, 0.6) is 0 Å². The van der Waals surface area contributed by atoms with Gasteiger partial charge in [-0.05, 0) is 95.3 Å². The van der Waals surface area contributed by atoms with Crippen LogP contribution in [0.2, 0.25) is 0 Å². The first kappa shape index (κ1) is 30.6. The molecule has 0 aliphatic rings. The van der Waals surface area contributed by atoms with Gasteiger partial charge in [0.15, 0.2) is 0 Å². The number of anilines is 1. The summed E-state index contributed by atoms with van der Waals surface area (Å²) >= 11 is 0. The maximum Gasteiger partial charge on any atom is 0.416 e. The van der Waals surface area contributed by atoms with Gasteiger partial charge in [0.25, 0.3) is 0 Å². The minimum atomic E-state index is -4.41. The first-order valence-electron chi connectivity index (χ1n) is 13.4. The normalized spacial score (nSPS) is 13.3. The van der Waals surface area contributed by atoms with Crippen LogP contribution in [0.15, 0.2) is 66.7 Å². The molecule has 0 saturated heterocycles. The highest BCUT2D eigenvalue weighted by molar-refractivity contribution is 5.66. The lowest BCUT2D eigenvalue weighted by atomic mass is 9.88. The second-order valence-electron chi connectivity index (χ2n) is 11.2. The summed E-state index contributed by atoms with van der Waals surface area (Å²) in [5, 5.41) is 0. The van der Waals surface area contributed by atoms with E-state index in [0.717, 1.165) is 53.8 Å². The first-order chi connectivity index (χ1) is 18.1. The van der Waals surface area contributed by atoms with Crippen molar-refractivity contribution in [3.63, 3.8) is 0 Å². The molecule has 212 valence electrons. The van der Waals surface area contributed by atoms with E-state index in [-0.39, 0.29) is 5.92 Å². The fraction of sp³-hybridized carbons (Fsp3) is 0.438. The van der Waals surface area contributed by atoms with Crippen LogP contribution in [-0.2, 0) is 18.9 Å². The molecule has 1 atom stereocenters. The fourth-order valence-corrected chi connectivity index (χ4v) is 4.75. The fourth-order valence-electron chi connectivity index (χ4n) is 4.75. The van der Waals surface area contributed by atoms with Crippen LogP contribution < -0.4 is 4.90 Å². The minimum absolute atomic E-state index is 0.230. The van der Waals surface area contributed by atoms with Gasteiger partial charge < -0.3 is 4.90 Å². The summed E-state index contributed by atoms with van der Waals surface area (Å²) < 4.78 is 78.9. The van der Waals surface area contributed by atoms with E-state index in [1.165, 1.54) is 24.3 Å². The van der Waals surface area contributed by atoms with Gasteiger partial charge in [-0.15, -0.1) is 0 Å². The highest BCUT2D eigenvalue weighted by Crippen LogP contribution is 2.35. The number of benzene rings is 3. The van der Waals surface area contributed by atoms with Crippen molar-refractivity contribution in [1.82, 2.24) is 0 Å². The molecule has 0 aliphatic carbocycles. The van der Waals surface area contributed by atoms with Gasteiger partial charge in [-0.1, -0.05) is 58.9 Å². The quantitative estimate of drug-likeness (QED) is 0.227. The maximum absolute atomic E-state index is 13.2. The molecule has 0 heterocycles. The van der Waals surface area contributed by atoms with Gasteiger partial charge in [-0.2, -0.15) is 26.3 Å². The molecular formula is C32H37F6N. The van der Waals surface area contributed by atoms with Crippen LogP contribution in [0, 0.1) is 11.8 Å². The van der Waals surface area contributed by atoms with Crippen molar-refractivity contribution in [3.8, 4) is 11.1 Å². The smallest absolute Gasteiger partial charge is 0.367 e. The molecule has 3 aromatic carbocycles. The summed E-state index contributed by atoms with van der Waals surface area (Å²) in [5.41, 5.74) is 2.87. The van der Waals surface area contributed by atoms with Crippen molar-refractivity contribution in [2.45, 2.75) is 72.3 Å². The average molecular weight is 550 g/mol. The third kappa shape index (κ3) is 8.77. The predicted molar refractivity (Wildman–Crippen MR) is 147 cm³/mol. The number of alkyl halides is 6. The van der Waals surface area contributed by atoms with E-state index in [0.29, 0.717) is 36.2 Å². The zero-order valence-electron chi connectivity index (χ0n) is 23.1. The summed E-state index contributed by atoms with van der Waals surface area (Å²) in [5.74, 6) is 1.10. The molecular weight excluding hydrogens is 512 g/mol. The van der Waals surface area contributed by atoms with Crippen LogP contribution in [0.25, 0.3) is 11.1 Å². The highest BCUT2D eigenvalue weighted by atomic mass is 19.4. The third-order valence-corrected chi connectivity index (χ3v) is 6.86. The predicted octanol–water partition coefficient (Wildman–Crippen LogP) is 10.6. The molecule has 1 unspecified atom stereocenters. The zero-order valence-corrected chi connectivity index (χ0v) is 23.1. The van der Waals surface area contributed by atoms with E-state index in [2.05, 4.69) is 45.6 Å². The molecule has 0 bridgehead atoms. The maximum atomic E-state index is 13.2. The van der Waals surface area contributed by atoms with E-state index in [1.807, 2.05) is 12.1 Å². The van der Waals surface area contributed by atoms with Crippen molar-refractivity contribution in [2.24, 2.45) is 11.8 Å². The Morgan fingerprint density at radius 2 is 1.18 bits per heavy atom. The third-order valence-electron chi connectivity index (χ3n) is 6.86. The van der Waals surface area contributed by atoms with E-state index in [1.54, 1.807) is 0 Å².